The number of carbonyl (C=O) groups is 1. The molecule has 0 saturated carbocycles. The first-order valence-electron chi connectivity index (χ1n) is 5.41. The van der Waals surface area contributed by atoms with Gasteiger partial charge in [0.1, 0.15) is 5.78 Å². The summed E-state index contributed by atoms with van der Waals surface area (Å²) < 4.78 is 23.7. The van der Waals surface area contributed by atoms with Crippen LogP contribution in [0.1, 0.15) is 20.8 Å². The third-order valence-corrected chi connectivity index (χ3v) is 4.52. The number of benzene rings is 1. The molecule has 0 saturated heterocycles. The quantitative estimate of drug-likeness (QED) is 0.872. The van der Waals surface area contributed by atoms with E-state index >= 15 is 0 Å². The minimum atomic E-state index is -3.22. The maximum absolute atomic E-state index is 11.8. The second-order valence-electron chi connectivity index (χ2n) is 4.17. The molecule has 0 spiro atoms. The average Bonchev–Trinajstić information content (AvgIpc) is 2.26. The first-order valence-corrected chi connectivity index (χ1v) is 6.96. The largest absolute Gasteiger partial charge is 0.378 e. The Labute approximate surface area is 102 Å². The van der Waals surface area contributed by atoms with Crippen molar-refractivity contribution in [2.24, 2.45) is 0 Å². The van der Waals surface area contributed by atoms with Gasteiger partial charge in [-0.2, -0.15) is 0 Å². The Morgan fingerprint density at radius 3 is 2.18 bits per heavy atom. The Bertz CT molecular complexity index is 489. The predicted octanol–water partition coefficient (Wildman–Crippen LogP) is 1.87. The van der Waals surface area contributed by atoms with Crippen molar-refractivity contribution < 1.29 is 13.2 Å². The van der Waals surface area contributed by atoms with Gasteiger partial charge in [-0.05, 0) is 45.0 Å². The molecule has 5 heteroatoms. The van der Waals surface area contributed by atoms with Gasteiger partial charge in [-0.3, -0.25) is 4.79 Å². The summed E-state index contributed by atoms with van der Waals surface area (Å²) in [6, 6.07) is 6.44. The van der Waals surface area contributed by atoms with Gasteiger partial charge >= 0.3 is 0 Å². The zero-order chi connectivity index (χ0) is 13.1. The van der Waals surface area contributed by atoms with Crippen LogP contribution < -0.4 is 5.32 Å². The maximum atomic E-state index is 11.8. The summed E-state index contributed by atoms with van der Waals surface area (Å²) >= 11 is 0. The van der Waals surface area contributed by atoms with Crippen LogP contribution in [0.3, 0.4) is 0 Å². The fraction of sp³-hybridized carbons (Fsp3) is 0.417. The van der Waals surface area contributed by atoms with E-state index in [0.717, 1.165) is 5.69 Å². The van der Waals surface area contributed by atoms with E-state index in [4.69, 9.17) is 0 Å². The molecular weight excluding hydrogens is 238 g/mol. The number of nitrogens with one attached hydrogen (secondary N) is 1. The summed E-state index contributed by atoms with van der Waals surface area (Å²) in [7, 11) is -3.22. The minimum absolute atomic E-state index is 0.0314. The van der Waals surface area contributed by atoms with E-state index < -0.39 is 15.1 Å². The van der Waals surface area contributed by atoms with Crippen LogP contribution in [-0.2, 0) is 14.6 Å². The topological polar surface area (TPSA) is 63.2 Å². The number of hydrogen-bond donors (Lipinski definition) is 1. The minimum Gasteiger partial charge on any atom is -0.378 e. The van der Waals surface area contributed by atoms with Gasteiger partial charge in [-0.25, -0.2) is 8.42 Å². The van der Waals surface area contributed by atoms with Crippen LogP contribution in [0.2, 0.25) is 0 Å². The highest BCUT2D eigenvalue weighted by Gasteiger charge is 2.18. The summed E-state index contributed by atoms with van der Waals surface area (Å²) in [6.07, 6.45) is 0. The number of anilines is 1. The third-order valence-electron chi connectivity index (χ3n) is 2.34. The third kappa shape index (κ3) is 3.56. The van der Waals surface area contributed by atoms with Crippen molar-refractivity contribution in [1.82, 2.24) is 0 Å². The van der Waals surface area contributed by atoms with Gasteiger partial charge in [0.05, 0.1) is 16.7 Å². The number of carbonyl (C=O) groups excluding carboxylic acids is 1. The van der Waals surface area contributed by atoms with Crippen molar-refractivity contribution in [1.29, 1.82) is 0 Å². The molecule has 0 aromatic heterocycles. The summed E-state index contributed by atoms with van der Waals surface area (Å²) in [6.45, 7) is 5.04. The second kappa shape index (κ2) is 5.31. The van der Waals surface area contributed by atoms with Crippen LogP contribution in [0.25, 0.3) is 0 Å². The zero-order valence-corrected chi connectivity index (χ0v) is 11.0. The van der Waals surface area contributed by atoms with Crippen LogP contribution in [-0.4, -0.2) is 26.0 Å². The molecule has 4 nitrogen and oxygen atoms in total. The Balaban J connectivity index is 2.85. The summed E-state index contributed by atoms with van der Waals surface area (Å²) in [4.78, 5) is 11.1. The average molecular weight is 255 g/mol. The molecule has 0 amide bonds. The van der Waals surface area contributed by atoms with E-state index in [-0.39, 0.29) is 12.3 Å². The molecule has 1 N–H and O–H groups in total. The van der Waals surface area contributed by atoms with Gasteiger partial charge in [0.15, 0.2) is 9.84 Å². The lowest BCUT2D eigenvalue weighted by Crippen LogP contribution is -2.14. The van der Waals surface area contributed by atoms with E-state index in [1.54, 1.807) is 38.1 Å². The van der Waals surface area contributed by atoms with Crippen LogP contribution >= 0.6 is 0 Å². The Morgan fingerprint density at radius 1 is 1.24 bits per heavy atom. The molecule has 1 aromatic carbocycles. The maximum Gasteiger partial charge on any atom is 0.180 e. The Kier molecular flexibility index (Phi) is 4.28. The van der Waals surface area contributed by atoms with Crippen molar-refractivity contribution in [3.8, 4) is 0 Å². The van der Waals surface area contributed by atoms with Crippen LogP contribution in [0, 0.1) is 0 Å². The molecular formula is C12H17NO3S. The van der Waals surface area contributed by atoms with Crippen LogP contribution in [0.15, 0.2) is 29.2 Å². The smallest absolute Gasteiger partial charge is 0.180 e. The van der Waals surface area contributed by atoms with Gasteiger partial charge in [0, 0.05) is 5.69 Å². The number of ketones is 1. The molecule has 0 fully saturated rings. The predicted molar refractivity (Wildman–Crippen MR) is 67.9 cm³/mol. The van der Waals surface area contributed by atoms with Crippen LogP contribution in [0.4, 0.5) is 5.69 Å². The molecule has 94 valence electrons. The van der Waals surface area contributed by atoms with Gasteiger partial charge in [0.2, 0.25) is 0 Å². The number of rotatable bonds is 5. The molecule has 0 bridgehead atoms. The molecule has 0 heterocycles. The normalized spacial score (nSPS) is 11.5. The molecule has 0 radical (unpaired) electrons. The van der Waals surface area contributed by atoms with E-state index in [9.17, 15) is 13.2 Å². The van der Waals surface area contributed by atoms with E-state index in [2.05, 4.69) is 5.32 Å². The lowest BCUT2D eigenvalue weighted by atomic mass is 10.3. The summed E-state index contributed by atoms with van der Waals surface area (Å²) in [5.74, 6) is 0.0314. The molecule has 17 heavy (non-hydrogen) atoms. The highest BCUT2D eigenvalue weighted by atomic mass is 32.2. The van der Waals surface area contributed by atoms with Crippen molar-refractivity contribution in [3.05, 3.63) is 24.3 Å². The second-order valence-corrected chi connectivity index (χ2v) is 6.68. The Hall–Kier alpha value is -1.36. The fourth-order valence-corrected chi connectivity index (χ4v) is 2.32. The molecule has 0 unspecified atom stereocenters. The number of hydrogen-bond acceptors (Lipinski definition) is 4. The van der Waals surface area contributed by atoms with Crippen molar-refractivity contribution in [2.75, 3.05) is 11.9 Å². The highest BCUT2D eigenvalue weighted by Crippen LogP contribution is 2.18. The lowest BCUT2D eigenvalue weighted by Gasteiger charge is -2.09. The zero-order valence-electron chi connectivity index (χ0n) is 10.2. The fourth-order valence-electron chi connectivity index (χ4n) is 1.26. The van der Waals surface area contributed by atoms with Gasteiger partial charge < -0.3 is 5.32 Å². The van der Waals surface area contributed by atoms with E-state index in [1.807, 2.05) is 0 Å². The van der Waals surface area contributed by atoms with E-state index in [0.29, 0.717) is 4.90 Å². The molecule has 0 aliphatic carbocycles. The van der Waals surface area contributed by atoms with E-state index in [1.165, 1.54) is 6.92 Å². The van der Waals surface area contributed by atoms with Gasteiger partial charge in [-0.1, -0.05) is 0 Å². The van der Waals surface area contributed by atoms with Crippen molar-refractivity contribution in [3.63, 3.8) is 0 Å². The monoisotopic (exact) mass is 255 g/mol. The summed E-state index contributed by atoms with van der Waals surface area (Å²) in [5.41, 5.74) is 0.739. The number of Topliss-reactive ketones (excluding diaryl/α,β-unsaturated/α-hetero) is 1. The van der Waals surface area contributed by atoms with Gasteiger partial charge in [-0.15, -0.1) is 0 Å². The standard InChI is InChI=1S/C12H17NO3S/c1-9(2)17(15,16)12-6-4-11(5-7-12)13-8-10(3)14/h4-7,9,13H,8H2,1-3H3. The molecule has 0 aliphatic rings. The summed E-state index contributed by atoms with van der Waals surface area (Å²) in [5, 5.41) is 2.48. The lowest BCUT2D eigenvalue weighted by molar-refractivity contribution is -0.115. The first-order chi connectivity index (χ1) is 7.84. The molecule has 0 aliphatic heterocycles. The highest BCUT2D eigenvalue weighted by molar-refractivity contribution is 7.92. The first kappa shape index (κ1) is 13.7. The number of sulfone groups is 1. The van der Waals surface area contributed by atoms with Crippen LogP contribution in [0.5, 0.6) is 0 Å². The van der Waals surface area contributed by atoms with Crippen molar-refractivity contribution in [2.45, 2.75) is 30.9 Å². The van der Waals surface area contributed by atoms with Gasteiger partial charge in [0.25, 0.3) is 0 Å². The molecule has 1 rings (SSSR count). The molecule has 1 aromatic rings. The SMILES string of the molecule is CC(=O)CNc1ccc(S(=O)(=O)C(C)C)cc1. The molecule has 0 atom stereocenters. The van der Waals surface area contributed by atoms with Crippen molar-refractivity contribution >= 4 is 21.3 Å². The Morgan fingerprint density at radius 2 is 1.76 bits per heavy atom.